The van der Waals surface area contributed by atoms with E-state index in [0.717, 1.165) is 0 Å². The molecule has 0 spiro atoms. The Morgan fingerprint density at radius 3 is 1.98 bits per heavy atom. The number of hydrogen-bond acceptors (Lipinski definition) is 0. The number of hydrogen-bond donors (Lipinski definition) is 0. The van der Waals surface area contributed by atoms with Crippen LogP contribution in [0.2, 0.25) is 0 Å². The van der Waals surface area contributed by atoms with Gasteiger partial charge in [-0.25, -0.2) is 0 Å². The van der Waals surface area contributed by atoms with Gasteiger partial charge in [-0.1, -0.05) is 115 Å². The number of aromatic nitrogens is 1. The molecule has 1 heterocycles. The van der Waals surface area contributed by atoms with E-state index in [1.807, 2.05) is 0 Å². The van der Waals surface area contributed by atoms with Gasteiger partial charge < -0.3 is 4.57 Å². The molecule has 1 heteroatoms. The third kappa shape index (κ3) is 3.13. The summed E-state index contributed by atoms with van der Waals surface area (Å²) >= 11 is 0. The Labute approximate surface area is 243 Å². The molecule has 0 unspecified atom stereocenters. The summed E-state index contributed by atoms with van der Waals surface area (Å²) in [6.07, 6.45) is 0. The Bertz CT molecular complexity index is 2060. The fraction of sp³-hybridized carbons (Fsp3) is 0.250. The standard InChI is InChI=1S/C40H37N/c1-38(2,3)24-17-19-32-28(21-24)27-18-20-34-36(37(27)40(32,6)7)30-22-29-26-15-11-12-16-31(26)39(4,5)33(29)23-35(30)41(34)25-13-9-8-10-14-25/h8-23H,1-7H3. The summed E-state index contributed by atoms with van der Waals surface area (Å²) in [5.41, 5.74) is 16.4. The van der Waals surface area contributed by atoms with Crippen LogP contribution in [0.5, 0.6) is 0 Å². The molecule has 6 aromatic rings. The van der Waals surface area contributed by atoms with Crippen LogP contribution < -0.4 is 0 Å². The lowest BCUT2D eigenvalue weighted by atomic mass is 9.79. The number of nitrogens with zero attached hydrogens (tertiary/aromatic N) is 1. The van der Waals surface area contributed by atoms with Crippen molar-refractivity contribution in [3.8, 4) is 27.9 Å². The van der Waals surface area contributed by atoms with Gasteiger partial charge in [0.1, 0.15) is 0 Å². The van der Waals surface area contributed by atoms with Crippen molar-refractivity contribution in [2.45, 2.75) is 64.7 Å². The van der Waals surface area contributed by atoms with Crippen molar-refractivity contribution in [1.29, 1.82) is 0 Å². The molecule has 5 aromatic carbocycles. The number of fused-ring (bicyclic) bond motifs is 10. The molecule has 0 aliphatic heterocycles. The second kappa shape index (κ2) is 7.79. The van der Waals surface area contributed by atoms with E-state index in [-0.39, 0.29) is 16.2 Å². The van der Waals surface area contributed by atoms with Crippen LogP contribution in [0.15, 0.2) is 97.1 Å². The van der Waals surface area contributed by atoms with Crippen molar-refractivity contribution in [1.82, 2.24) is 4.57 Å². The quantitative estimate of drug-likeness (QED) is 0.199. The van der Waals surface area contributed by atoms with Crippen molar-refractivity contribution in [3.05, 3.63) is 125 Å². The average Bonchev–Trinajstić information content (AvgIpc) is 3.48. The third-order valence-corrected chi connectivity index (χ3v) is 10.1. The van der Waals surface area contributed by atoms with E-state index >= 15 is 0 Å². The summed E-state index contributed by atoms with van der Waals surface area (Å²) in [6, 6.07) is 36.9. The Hall–Kier alpha value is -4.10. The Balaban J connectivity index is 1.54. The highest BCUT2D eigenvalue weighted by Crippen LogP contribution is 2.56. The van der Waals surface area contributed by atoms with Gasteiger partial charge in [0.05, 0.1) is 11.0 Å². The minimum atomic E-state index is -0.105. The third-order valence-electron chi connectivity index (χ3n) is 10.1. The lowest BCUT2D eigenvalue weighted by molar-refractivity contribution is 0.589. The van der Waals surface area contributed by atoms with Gasteiger partial charge in [0.15, 0.2) is 0 Å². The summed E-state index contributed by atoms with van der Waals surface area (Å²) in [7, 11) is 0. The number of para-hydroxylation sites is 1. The summed E-state index contributed by atoms with van der Waals surface area (Å²) in [5, 5.41) is 2.74. The fourth-order valence-electron chi connectivity index (χ4n) is 7.94. The highest BCUT2D eigenvalue weighted by Gasteiger charge is 2.40. The lowest BCUT2D eigenvalue weighted by Gasteiger charge is -2.24. The molecule has 0 fully saturated rings. The minimum Gasteiger partial charge on any atom is -0.309 e. The van der Waals surface area contributed by atoms with Crippen LogP contribution in [-0.4, -0.2) is 4.57 Å². The maximum atomic E-state index is 2.51. The molecule has 2 aliphatic rings. The molecule has 0 saturated carbocycles. The monoisotopic (exact) mass is 531 g/mol. The normalized spacial score (nSPS) is 16.1. The minimum absolute atomic E-state index is 0.0428. The van der Waals surface area contributed by atoms with Crippen molar-refractivity contribution in [3.63, 3.8) is 0 Å². The van der Waals surface area contributed by atoms with Crippen LogP contribution in [0, 0.1) is 0 Å². The molecule has 0 atom stereocenters. The van der Waals surface area contributed by atoms with Gasteiger partial charge in [0.25, 0.3) is 0 Å². The molecule has 2 aliphatic carbocycles. The molecule has 1 aromatic heterocycles. The molecule has 0 radical (unpaired) electrons. The molecule has 0 saturated heterocycles. The maximum absolute atomic E-state index is 2.51. The summed E-state index contributed by atoms with van der Waals surface area (Å²) < 4.78 is 2.50. The van der Waals surface area contributed by atoms with Crippen LogP contribution in [0.3, 0.4) is 0 Å². The van der Waals surface area contributed by atoms with Gasteiger partial charge in [0.2, 0.25) is 0 Å². The van der Waals surface area contributed by atoms with Crippen LogP contribution in [0.1, 0.15) is 76.3 Å². The van der Waals surface area contributed by atoms with Crippen LogP contribution in [0.4, 0.5) is 0 Å². The average molecular weight is 532 g/mol. The molecule has 41 heavy (non-hydrogen) atoms. The van der Waals surface area contributed by atoms with Crippen LogP contribution in [-0.2, 0) is 16.2 Å². The zero-order valence-corrected chi connectivity index (χ0v) is 25.2. The van der Waals surface area contributed by atoms with Crippen LogP contribution >= 0.6 is 0 Å². The predicted octanol–water partition coefficient (Wildman–Crippen LogP) is 10.7. The fourth-order valence-corrected chi connectivity index (χ4v) is 7.94. The largest absolute Gasteiger partial charge is 0.309 e. The SMILES string of the molecule is CC(C)(C)c1ccc2c(c1)-c1ccc3c(c1C2(C)C)c1cc2c(cc1n3-c1ccccc1)C(C)(C)c1ccccc1-2. The second-order valence-corrected chi connectivity index (χ2v) is 14.3. The Morgan fingerprint density at radius 2 is 1.22 bits per heavy atom. The Kier molecular flexibility index (Phi) is 4.69. The van der Waals surface area contributed by atoms with Gasteiger partial charge in [-0.05, 0) is 85.8 Å². The van der Waals surface area contributed by atoms with Crippen molar-refractivity contribution in [2.24, 2.45) is 0 Å². The maximum Gasteiger partial charge on any atom is 0.0544 e. The van der Waals surface area contributed by atoms with Gasteiger partial charge >= 0.3 is 0 Å². The predicted molar refractivity (Wildman–Crippen MR) is 175 cm³/mol. The van der Waals surface area contributed by atoms with E-state index in [4.69, 9.17) is 0 Å². The molecular weight excluding hydrogens is 494 g/mol. The highest BCUT2D eigenvalue weighted by atomic mass is 15.0. The molecule has 0 N–H and O–H groups in total. The smallest absolute Gasteiger partial charge is 0.0544 e. The van der Waals surface area contributed by atoms with Gasteiger partial charge in [-0.3, -0.25) is 0 Å². The molecule has 0 bridgehead atoms. The number of benzene rings is 5. The van der Waals surface area contributed by atoms with E-state index < -0.39 is 0 Å². The molecular formula is C40H37N. The first-order chi connectivity index (χ1) is 19.5. The van der Waals surface area contributed by atoms with Crippen molar-refractivity contribution >= 4 is 21.8 Å². The summed E-state index contributed by atoms with van der Waals surface area (Å²) in [6.45, 7) is 16.5. The Morgan fingerprint density at radius 1 is 0.537 bits per heavy atom. The lowest BCUT2D eigenvalue weighted by Crippen LogP contribution is -2.16. The molecule has 202 valence electrons. The van der Waals surface area contributed by atoms with Gasteiger partial charge in [-0.15, -0.1) is 0 Å². The van der Waals surface area contributed by atoms with Crippen molar-refractivity contribution in [2.75, 3.05) is 0 Å². The summed E-state index contributed by atoms with van der Waals surface area (Å²) in [4.78, 5) is 0. The van der Waals surface area contributed by atoms with E-state index in [0.29, 0.717) is 0 Å². The van der Waals surface area contributed by atoms with E-state index in [9.17, 15) is 0 Å². The van der Waals surface area contributed by atoms with E-state index in [1.165, 1.54) is 77.6 Å². The second-order valence-electron chi connectivity index (χ2n) is 14.3. The number of rotatable bonds is 1. The summed E-state index contributed by atoms with van der Waals surface area (Å²) in [5.74, 6) is 0. The zero-order valence-electron chi connectivity index (χ0n) is 25.2. The van der Waals surface area contributed by atoms with Gasteiger partial charge in [0, 0.05) is 27.3 Å². The van der Waals surface area contributed by atoms with Crippen molar-refractivity contribution < 1.29 is 0 Å². The first-order valence-electron chi connectivity index (χ1n) is 15.0. The highest BCUT2D eigenvalue weighted by molar-refractivity contribution is 6.16. The molecule has 1 nitrogen and oxygen atoms in total. The topological polar surface area (TPSA) is 4.93 Å². The van der Waals surface area contributed by atoms with E-state index in [2.05, 4.69) is 150 Å². The van der Waals surface area contributed by atoms with Crippen LogP contribution in [0.25, 0.3) is 49.7 Å². The zero-order chi connectivity index (χ0) is 28.5. The molecule has 0 amide bonds. The van der Waals surface area contributed by atoms with Gasteiger partial charge in [-0.2, -0.15) is 0 Å². The van der Waals surface area contributed by atoms with E-state index in [1.54, 1.807) is 0 Å². The first-order valence-corrected chi connectivity index (χ1v) is 15.0. The first kappa shape index (κ1) is 24.7. The molecule has 8 rings (SSSR count).